The molecule has 2 heteroatoms. The number of rotatable bonds is 2. The average molecular weight is 154 g/mol. The average Bonchev–Trinajstić information content (AvgIpc) is 2.02. The fraction of sp³-hybridized carbons (Fsp3) is 0.667. The SMILES string of the molecule is CC#CCC(C)CC.O=C=O. The predicted molar refractivity (Wildman–Crippen MR) is 42.5 cm³/mol. The van der Waals surface area contributed by atoms with Gasteiger partial charge in [0.15, 0.2) is 0 Å². The topological polar surface area (TPSA) is 34.1 Å². The van der Waals surface area contributed by atoms with E-state index in [1.807, 2.05) is 6.92 Å². The molecule has 0 bridgehead atoms. The van der Waals surface area contributed by atoms with Crippen LogP contribution in [0.4, 0.5) is 0 Å². The molecule has 0 fully saturated rings. The first-order valence-corrected chi connectivity index (χ1v) is 3.61. The summed E-state index contributed by atoms with van der Waals surface area (Å²) in [6.07, 6.45) is 2.56. The van der Waals surface area contributed by atoms with Gasteiger partial charge in [-0.15, -0.1) is 11.8 Å². The molecule has 0 saturated heterocycles. The molecule has 0 aromatic carbocycles. The molecular weight excluding hydrogens is 140 g/mol. The Morgan fingerprint density at radius 3 is 2.09 bits per heavy atom. The van der Waals surface area contributed by atoms with Crippen LogP contribution in [0.15, 0.2) is 0 Å². The molecule has 0 spiro atoms. The van der Waals surface area contributed by atoms with Gasteiger partial charge in [0.25, 0.3) is 0 Å². The van der Waals surface area contributed by atoms with Crippen LogP contribution in [0.25, 0.3) is 0 Å². The molecule has 0 aliphatic carbocycles. The van der Waals surface area contributed by atoms with Gasteiger partial charge in [-0.1, -0.05) is 20.3 Å². The Hall–Kier alpha value is -1.06. The summed E-state index contributed by atoms with van der Waals surface area (Å²) in [6.45, 7) is 6.31. The van der Waals surface area contributed by atoms with Gasteiger partial charge in [-0.2, -0.15) is 9.59 Å². The van der Waals surface area contributed by atoms with Crippen LogP contribution in [0.5, 0.6) is 0 Å². The second kappa shape index (κ2) is 11.7. The van der Waals surface area contributed by atoms with E-state index < -0.39 is 0 Å². The first kappa shape index (κ1) is 12.6. The molecule has 0 aromatic heterocycles. The molecule has 11 heavy (non-hydrogen) atoms. The minimum atomic E-state index is 0.250. The zero-order chi connectivity index (χ0) is 9.11. The highest BCUT2D eigenvalue weighted by Gasteiger charge is 1.91. The van der Waals surface area contributed by atoms with Gasteiger partial charge >= 0.3 is 6.15 Å². The summed E-state index contributed by atoms with van der Waals surface area (Å²) in [5.41, 5.74) is 0. The Morgan fingerprint density at radius 2 is 1.82 bits per heavy atom. The van der Waals surface area contributed by atoms with E-state index >= 15 is 0 Å². The highest BCUT2D eigenvalue weighted by Crippen LogP contribution is 2.03. The fourth-order valence-electron chi connectivity index (χ4n) is 0.421. The normalized spacial score (nSPS) is 9.36. The Morgan fingerprint density at radius 1 is 1.36 bits per heavy atom. The minimum Gasteiger partial charge on any atom is -0.186 e. The van der Waals surface area contributed by atoms with E-state index in [9.17, 15) is 0 Å². The van der Waals surface area contributed by atoms with Crippen LogP contribution < -0.4 is 0 Å². The minimum absolute atomic E-state index is 0.250. The van der Waals surface area contributed by atoms with Crippen molar-refractivity contribution in [2.24, 2.45) is 5.92 Å². The van der Waals surface area contributed by atoms with Crippen molar-refractivity contribution in [1.29, 1.82) is 0 Å². The van der Waals surface area contributed by atoms with E-state index in [2.05, 4.69) is 25.7 Å². The van der Waals surface area contributed by atoms with E-state index in [0.29, 0.717) is 0 Å². The number of hydrogen-bond donors (Lipinski definition) is 0. The van der Waals surface area contributed by atoms with Crippen molar-refractivity contribution in [1.82, 2.24) is 0 Å². The molecule has 0 rings (SSSR count). The van der Waals surface area contributed by atoms with Gasteiger partial charge in [0, 0.05) is 6.42 Å². The first-order chi connectivity index (χ1) is 5.22. The molecule has 0 aliphatic heterocycles. The maximum atomic E-state index is 8.12. The summed E-state index contributed by atoms with van der Waals surface area (Å²) in [4.78, 5) is 16.2. The third-order valence-electron chi connectivity index (χ3n) is 1.32. The van der Waals surface area contributed by atoms with E-state index in [0.717, 1.165) is 12.3 Å². The second-order valence-electron chi connectivity index (χ2n) is 2.23. The van der Waals surface area contributed by atoms with Gasteiger partial charge < -0.3 is 0 Å². The Labute approximate surface area is 68.0 Å². The summed E-state index contributed by atoms with van der Waals surface area (Å²) >= 11 is 0. The van der Waals surface area contributed by atoms with E-state index in [4.69, 9.17) is 9.59 Å². The lowest BCUT2D eigenvalue weighted by Gasteiger charge is -1.98. The van der Waals surface area contributed by atoms with Crippen LogP contribution in [-0.2, 0) is 9.59 Å². The van der Waals surface area contributed by atoms with Crippen molar-refractivity contribution >= 4 is 6.15 Å². The summed E-state index contributed by atoms with van der Waals surface area (Å²) in [6, 6.07) is 0. The number of carbonyl (C=O) groups excluding carboxylic acids is 2. The van der Waals surface area contributed by atoms with E-state index in [1.54, 1.807) is 0 Å². The van der Waals surface area contributed by atoms with Crippen molar-refractivity contribution in [3.8, 4) is 11.8 Å². The molecular formula is C9H14O2. The molecule has 0 saturated carbocycles. The largest absolute Gasteiger partial charge is 0.373 e. The van der Waals surface area contributed by atoms with Gasteiger partial charge in [-0.05, 0) is 12.8 Å². The van der Waals surface area contributed by atoms with Crippen LogP contribution in [0.2, 0.25) is 0 Å². The zero-order valence-electron chi connectivity index (χ0n) is 7.31. The highest BCUT2D eigenvalue weighted by molar-refractivity contribution is 5.20. The van der Waals surface area contributed by atoms with Gasteiger partial charge in [0.2, 0.25) is 0 Å². The standard InChI is InChI=1S/C8H14.CO2/c1-4-6-7-8(3)5-2;2-1-3/h8H,5,7H2,1-3H3;. The summed E-state index contributed by atoms with van der Waals surface area (Å²) in [5.74, 6) is 6.71. The van der Waals surface area contributed by atoms with Gasteiger partial charge in [0.05, 0.1) is 0 Å². The lowest BCUT2D eigenvalue weighted by Crippen LogP contribution is -1.87. The third kappa shape index (κ3) is 17.6. The fourth-order valence-corrected chi connectivity index (χ4v) is 0.421. The molecule has 0 amide bonds. The van der Waals surface area contributed by atoms with Crippen molar-refractivity contribution < 1.29 is 9.59 Å². The lowest BCUT2D eigenvalue weighted by molar-refractivity contribution is -0.191. The molecule has 0 N–H and O–H groups in total. The molecule has 0 heterocycles. The van der Waals surface area contributed by atoms with Crippen LogP contribution >= 0.6 is 0 Å². The molecule has 1 atom stereocenters. The van der Waals surface area contributed by atoms with Crippen LogP contribution in [0, 0.1) is 17.8 Å². The van der Waals surface area contributed by atoms with Crippen molar-refractivity contribution in [2.75, 3.05) is 0 Å². The van der Waals surface area contributed by atoms with Crippen LogP contribution in [0.1, 0.15) is 33.6 Å². The van der Waals surface area contributed by atoms with Gasteiger partial charge in [0.1, 0.15) is 0 Å². The lowest BCUT2D eigenvalue weighted by atomic mass is 10.1. The predicted octanol–water partition coefficient (Wildman–Crippen LogP) is 1.86. The Balaban J connectivity index is 0. The highest BCUT2D eigenvalue weighted by atomic mass is 16.2. The maximum absolute atomic E-state index is 8.12. The maximum Gasteiger partial charge on any atom is 0.373 e. The smallest absolute Gasteiger partial charge is 0.186 e. The molecule has 2 nitrogen and oxygen atoms in total. The van der Waals surface area contributed by atoms with Gasteiger partial charge in [-0.25, -0.2) is 0 Å². The Bertz CT molecular complexity index is 156. The zero-order valence-corrected chi connectivity index (χ0v) is 7.31. The molecule has 62 valence electrons. The molecule has 1 unspecified atom stereocenters. The Kier molecular flexibility index (Phi) is 13.4. The molecule has 0 aromatic rings. The first-order valence-electron chi connectivity index (χ1n) is 3.61. The monoisotopic (exact) mass is 154 g/mol. The number of hydrogen-bond acceptors (Lipinski definition) is 2. The van der Waals surface area contributed by atoms with Gasteiger partial charge in [-0.3, -0.25) is 0 Å². The van der Waals surface area contributed by atoms with E-state index in [-0.39, 0.29) is 6.15 Å². The quantitative estimate of drug-likeness (QED) is 0.569. The van der Waals surface area contributed by atoms with Crippen LogP contribution in [0.3, 0.4) is 0 Å². The van der Waals surface area contributed by atoms with Crippen LogP contribution in [-0.4, -0.2) is 6.15 Å². The second-order valence-corrected chi connectivity index (χ2v) is 2.23. The van der Waals surface area contributed by atoms with E-state index in [1.165, 1.54) is 6.42 Å². The third-order valence-corrected chi connectivity index (χ3v) is 1.32. The summed E-state index contributed by atoms with van der Waals surface area (Å²) in [7, 11) is 0. The molecule has 0 radical (unpaired) electrons. The van der Waals surface area contributed by atoms with Crippen molar-refractivity contribution in [3.63, 3.8) is 0 Å². The summed E-state index contributed by atoms with van der Waals surface area (Å²) < 4.78 is 0. The van der Waals surface area contributed by atoms with Crippen molar-refractivity contribution in [2.45, 2.75) is 33.6 Å². The summed E-state index contributed by atoms with van der Waals surface area (Å²) in [5, 5.41) is 0. The molecule has 0 aliphatic rings. The van der Waals surface area contributed by atoms with Crippen molar-refractivity contribution in [3.05, 3.63) is 0 Å².